The Morgan fingerprint density at radius 1 is 1.43 bits per heavy atom. The highest BCUT2D eigenvalue weighted by Gasteiger charge is 2.24. The van der Waals surface area contributed by atoms with Gasteiger partial charge in [0, 0.05) is 12.5 Å². The molecule has 5 nitrogen and oxygen atoms in total. The van der Waals surface area contributed by atoms with Crippen LogP contribution in [0.25, 0.3) is 0 Å². The third-order valence-electron chi connectivity index (χ3n) is 2.97. The highest BCUT2D eigenvalue weighted by atomic mass is 35.5. The predicted molar refractivity (Wildman–Crippen MR) is 83.5 cm³/mol. The average molecular weight is 314 g/mol. The molecule has 6 heteroatoms. The van der Waals surface area contributed by atoms with Crippen LogP contribution in [0.15, 0.2) is 6.20 Å². The minimum absolute atomic E-state index is 0.109. The minimum atomic E-state index is -0.954. The Morgan fingerprint density at radius 2 is 2.05 bits per heavy atom. The number of halogens is 1. The van der Waals surface area contributed by atoms with Gasteiger partial charge in [-0.2, -0.15) is 0 Å². The van der Waals surface area contributed by atoms with E-state index in [1.807, 2.05) is 27.7 Å². The van der Waals surface area contributed by atoms with Crippen LogP contribution in [0.5, 0.6) is 0 Å². The van der Waals surface area contributed by atoms with Gasteiger partial charge in [-0.15, -0.1) is 0 Å². The molecule has 0 aliphatic rings. The molecule has 1 unspecified atom stereocenters. The zero-order valence-electron chi connectivity index (χ0n) is 13.3. The van der Waals surface area contributed by atoms with Gasteiger partial charge in [0.2, 0.25) is 0 Å². The van der Waals surface area contributed by atoms with Crippen LogP contribution < -0.4 is 5.32 Å². The van der Waals surface area contributed by atoms with E-state index in [4.69, 9.17) is 11.6 Å². The number of hydrogen-bond donors (Lipinski definition) is 2. The summed E-state index contributed by atoms with van der Waals surface area (Å²) in [7, 11) is 0. The van der Waals surface area contributed by atoms with Gasteiger partial charge < -0.3 is 10.4 Å². The van der Waals surface area contributed by atoms with E-state index in [9.17, 15) is 9.90 Å². The maximum atomic E-state index is 12.2. The molecule has 1 aromatic rings. The van der Waals surface area contributed by atoms with Gasteiger partial charge in [0.15, 0.2) is 0 Å². The van der Waals surface area contributed by atoms with E-state index in [1.54, 1.807) is 6.92 Å². The lowest BCUT2D eigenvalue weighted by Gasteiger charge is -2.25. The molecular weight excluding hydrogens is 290 g/mol. The van der Waals surface area contributed by atoms with Gasteiger partial charge in [-0.3, -0.25) is 4.79 Å². The first-order chi connectivity index (χ1) is 9.62. The van der Waals surface area contributed by atoms with Crippen molar-refractivity contribution in [1.82, 2.24) is 15.3 Å². The lowest BCUT2D eigenvalue weighted by Crippen LogP contribution is -2.41. The number of hydrogen-bond acceptors (Lipinski definition) is 4. The zero-order chi connectivity index (χ0) is 16.2. The van der Waals surface area contributed by atoms with Crippen molar-refractivity contribution < 1.29 is 9.90 Å². The van der Waals surface area contributed by atoms with Crippen LogP contribution >= 0.6 is 11.6 Å². The Balaban J connectivity index is 2.78. The quantitative estimate of drug-likeness (QED) is 0.847. The first-order valence-electron chi connectivity index (χ1n) is 7.15. The van der Waals surface area contributed by atoms with Gasteiger partial charge in [-0.1, -0.05) is 39.3 Å². The molecule has 1 rings (SSSR count). The number of nitrogens with one attached hydrogen (secondary N) is 1. The van der Waals surface area contributed by atoms with Crippen LogP contribution in [0.2, 0.25) is 5.02 Å². The first kappa shape index (κ1) is 17.9. The molecule has 0 aliphatic carbocycles. The van der Waals surface area contributed by atoms with Gasteiger partial charge in [0.1, 0.15) is 11.5 Å². The molecule has 118 valence electrons. The summed E-state index contributed by atoms with van der Waals surface area (Å²) in [6.07, 6.45) is 2.03. The van der Waals surface area contributed by atoms with E-state index < -0.39 is 11.5 Å². The van der Waals surface area contributed by atoms with Crippen molar-refractivity contribution in [2.24, 2.45) is 5.92 Å². The molecule has 0 saturated carbocycles. The van der Waals surface area contributed by atoms with Crippen molar-refractivity contribution in [1.29, 1.82) is 0 Å². The van der Waals surface area contributed by atoms with Crippen LogP contribution in [-0.2, 0) is 0 Å². The summed E-state index contributed by atoms with van der Waals surface area (Å²) in [5.74, 6) is 0.622. The van der Waals surface area contributed by atoms with Crippen molar-refractivity contribution in [3.05, 3.63) is 22.7 Å². The van der Waals surface area contributed by atoms with Crippen LogP contribution in [-0.4, -0.2) is 33.1 Å². The number of aromatic nitrogens is 2. The molecule has 0 saturated heterocycles. The Kier molecular flexibility index (Phi) is 6.10. The first-order valence-corrected chi connectivity index (χ1v) is 7.53. The van der Waals surface area contributed by atoms with Gasteiger partial charge in [-0.05, 0) is 19.3 Å². The Labute approximate surface area is 131 Å². The monoisotopic (exact) mass is 313 g/mol. The van der Waals surface area contributed by atoms with Crippen LogP contribution in [0.1, 0.15) is 63.3 Å². The maximum Gasteiger partial charge on any atom is 0.271 e. The van der Waals surface area contributed by atoms with Crippen molar-refractivity contribution in [2.45, 2.75) is 52.6 Å². The minimum Gasteiger partial charge on any atom is -0.388 e. The standard InChI is InChI=1S/C15H24ClN3O2/c1-9(2)6-15(5,21)8-18-14(20)12-11(16)7-17-13(19-12)10(3)4/h7,9-10,21H,6,8H2,1-5H3,(H,18,20). The number of aliphatic hydroxyl groups is 1. The van der Waals surface area contributed by atoms with E-state index in [1.165, 1.54) is 6.20 Å². The molecule has 1 aromatic heterocycles. The molecule has 0 aliphatic heterocycles. The van der Waals surface area contributed by atoms with Crippen LogP contribution in [0, 0.1) is 5.92 Å². The maximum absolute atomic E-state index is 12.2. The van der Waals surface area contributed by atoms with Gasteiger partial charge in [-0.25, -0.2) is 9.97 Å². The summed E-state index contributed by atoms with van der Waals surface area (Å²) in [5.41, 5.74) is -0.805. The second-order valence-electron chi connectivity index (χ2n) is 6.36. The highest BCUT2D eigenvalue weighted by Crippen LogP contribution is 2.18. The van der Waals surface area contributed by atoms with Crippen molar-refractivity contribution in [2.75, 3.05) is 6.54 Å². The van der Waals surface area contributed by atoms with E-state index >= 15 is 0 Å². The lowest BCUT2D eigenvalue weighted by molar-refractivity contribution is 0.0367. The number of carbonyl (C=O) groups excluding carboxylic acids is 1. The number of amides is 1. The second kappa shape index (κ2) is 7.18. The Bertz CT molecular complexity index is 502. The number of nitrogens with zero attached hydrogens (tertiary/aromatic N) is 2. The SMILES string of the molecule is CC(C)CC(C)(O)CNC(=O)c1nc(C(C)C)ncc1Cl. The average Bonchev–Trinajstić information content (AvgIpc) is 2.34. The molecule has 1 heterocycles. The van der Waals surface area contributed by atoms with E-state index in [0.717, 1.165) is 0 Å². The summed E-state index contributed by atoms with van der Waals surface area (Å²) in [5, 5.41) is 13.1. The summed E-state index contributed by atoms with van der Waals surface area (Å²) in [6.45, 7) is 9.78. The molecule has 0 bridgehead atoms. The molecule has 0 aromatic carbocycles. The summed E-state index contributed by atoms with van der Waals surface area (Å²) < 4.78 is 0. The Hall–Kier alpha value is -1.20. The van der Waals surface area contributed by atoms with E-state index in [2.05, 4.69) is 15.3 Å². The largest absolute Gasteiger partial charge is 0.388 e. The third kappa shape index (κ3) is 5.59. The second-order valence-corrected chi connectivity index (χ2v) is 6.76. The Morgan fingerprint density at radius 3 is 2.57 bits per heavy atom. The third-order valence-corrected chi connectivity index (χ3v) is 3.25. The fourth-order valence-electron chi connectivity index (χ4n) is 2.12. The summed E-state index contributed by atoms with van der Waals surface area (Å²) in [6, 6.07) is 0. The number of carbonyl (C=O) groups is 1. The fourth-order valence-corrected chi connectivity index (χ4v) is 2.30. The number of rotatable bonds is 6. The highest BCUT2D eigenvalue weighted by molar-refractivity contribution is 6.33. The molecule has 2 N–H and O–H groups in total. The van der Waals surface area contributed by atoms with Crippen molar-refractivity contribution in [3.8, 4) is 0 Å². The van der Waals surface area contributed by atoms with E-state index in [0.29, 0.717) is 18.2 Å². The summed E-state index contributed by atoms with van der Waals surface area (Å²) >= 11 is 5.98. The molecule has 0 radical (unpaired) electrons. The zero-order valence-corrected chi connectivity index (χ0v) is 14.0. The van der Waals surface area contributed by atoms with Gasteiger partial charge in [0.25, 0.3) is 5.91 Å². The molecule has 1 amide bonds. The van der Waals surface area contributed by atoms with Gasteiger partial charge in [0.05, 0.1) is 16.8 Å². The van der Waals surface area contributed by atoms with Gasteiger partial charge >= 0.3 is 0 Å². The smallest absolute Gasteiger partial charge is 0.271 e. The molecule has 21 heavy (non-hydrogen) atoms. The fraction of sp³-hybridized carbons (Fsp3) is 0.667. The van der Waals surface area contributed by atoms with Crippen molar-refractivity contribution >= 4 is 17.5 Å². The molecule has 0 spiro atoms. The molecular formula is C15H24ClN3O2. The van der Waals surface area contributed by atoms with Crippen LogP contribution in [0.4, 0.5) is 0 Å². The van der Waals surface area contributed by atoms with Crippen molar-refractivity contribution in [3.63, 3.8) is 0 Å². The summed E-state index contributed by atoms with van der Waals surface area (Å²) in [4.78, 5) is 20.5. The topological polar surface area (TPSA) is 75.1 Å². The molecule has 1 atom stereocenters. The van der Waals surface area contributed by atoms with Crippen LogP contribution in [0.3, 0.4) is 0 Å². The predicted octanol–water partition coefficient (Wildman–Crippen LogP) is 2.78. The lowest BCUT2D eigenvalue weighted by atomic mass is 9.94. The molecule has 0 fully saturated rings. The normalized spacial score (nSPS) is 14.3. The van der Waals surface area contributed by atoms with E-state index in [-0.39, 0.29) is 23.2 Å².